The first-order valence-corrected chi connectivity index (χ1v) is 10.3. The van der Waals surface area contributed by atoms with Crippen molar-refractivity contribution in [3.05, 3.63) is 108 Å². The average Bonchev–Trinajstić information content (AvgIpc) is 3.20. The van der Waals surface area contributed by atoms with Gasteiger partial charge in [0.15, 0.2) is 0 Å². The molecule has 0 aromatic heterocycles. The summed E-state index contributed by atoms with van der Waals surface area (Å²) in [5.74, 6) is 0.164. The van der Waals surface area contributed by atoms with Gasteiger partial charge in [0.05, 0.1) is 6.54 Å². The Balaban J connectivity index is 1.50. The van der Waals surface area contributed by atoms with Crippen LogP contribution in [0, 0.1) is 5.92 Å². The van der Waals surface area contributed by atoms with E-state index in [0.29, 0.717) is 13.0 Å². The molecule has 0 spiro atoms. The first kappa shape index (κ1) is 18.1. The number of nitrogens with zero attached hydrogens (tertiary/aromatic N) is 1. The molecule has 0 radical (unpaired) electrons. The predicted octanol–water partition coefficient (Wildman–Crippen LogP) is 4.77. The molecule has 2 heterocycles. The van der Waals surface area contributed by atoms with Gasteiger partial charge in [-0.3, -0.25) is 4.79 Å². The van der Waals surface area contributed by atoms with Crippen molar-refractivity contribution in [1.29, 1.82) is 0 Å². The smallest absolute Gasteiger partial charge is 0.228 e. The number of benzene rings is 3. The summed E-state index contributed by atoms with van der Waals surface area (Å²) in [7, 11) is 0. The largest absolute Gasteiger partial charge is 0.338 e. The Morgan fingerprint density at radius 2 is 1.38 bits per heavy atom. The van der Waals surface area contributed by atoms with Crippen molar-refractivity contribution in [2.24, 2.45) is 5.92 Å². The SMILES string of the molecule is C[C@@]12CC(Cc3ccccc3)C(=O)N1CC(c1ccccc1)(c1ccccc1)O2. The van der Waals surface area contributed by atoms with E-state index >= 15 is 0 Å². The summed E-state index contributed by atoms with van der Waals surface area (Å²) in [5.41, 5.74) is 2.16. The van der Waals surface area contributed by atoms with Crippen LogP contribution in [0.5, 0.6) is 0 Å². The summed E-state index contributed by atoms with van der Waals surface area (Å²) in [6.07, 6.45) is 1.47. The van der Waals surface area contributed by atoms with Gasteiger partial charge in [-0.1, -0.05) is 91.0 Å². The first-order chi connectivity index (χ1) is 14.1. The van der Waals surface area contributed by atoms with Crippen LogP contribution in [-0.4, -0.2) is 23.1 Å². The Morgan fingerprint density at radius 1 is 0.862 bits per heavy atom. The van der Waals surface area contributed by atoms with Crippen molar-refractivity contribution in [1.82, 2.24) is 4.90 Å². The van der Waals surface area contributed by atoms with Crippen molar-refractivity contribution in [3.8, 4) is 0 Å². The van der Waals surface area contributed by atoms with Crippen molar-refractivity contribution >= 4 is 5.91 Å². The third kappa shape index (κ3) is 2.97. The maximum Gasteiger partial charge on any atom is 0.228 e. The summed E-state index contributed by atoms with van der Waals surface area (Å²) in [6, 6.07) is 30.8. The molecule has 5 rings (SSSR count). The van der Waals surface area contributed by atoms with Crippen molar-refractivity contribution in [2.45, 2.75) is 31.1 Å². The maximum atomic E-state index is 13.4. The monoisotopic (exact) mass is 383 g/mol. The lowest BCUT2D eigenvalue weighted by atomic mass is 9.85. The Kier molecular flexibility index (Phi) is 4.29. The lowest BCUT2D eigenvalue weighted by Gasteiger charge is -2.32. The molecule has 2 saturated heterocycles. The molecule has 2 atom stereocenters. The number of carbonyl (C=O) groups excluding carboxylic acids is 1. The summed E-state index contributed by atoms with van der Waals surface area (Å²) in [5, 5.41) is 0. The van der Waals surface area contributed by atoms with Crippen LogP contribution in [-0.2, 0) is 21.6 Å². The maximum absolute atomic E-state index is 13.4. The molecule has 3 aromatic carbocycles. The van der Waals surface area contributed by atoms with Crippen LogP contribution >= 0.6 is 0 Å². The second kappa shape index (κ2) is 6.85. The molecule has 0 saturated carbocycles. The molecule has 2 aliphatic heterocycles. The third-order valence-electron chi connectivity index (χ3n) is 6.39. The van der Waals surface area contributed by atoms with Crippen LogP contribution < -0.4 is 0 Å². The van der Waals surface area contributed by atoms with Crippen molar-refractivity contribution in [3.63, 3.8) is 0 Å². The van der Waals surface area contributed by atoms with Crippen LogP contribution in [0.3, 0.4) is 0 Å². The average molecular weight is 383 g/mol. The number of hydrogen-bond donors (Lipinski definition) is 0. The fourth-order valence-electron chi connectivity index (χ4n) is 5.02. The minimum absolute atomic E-state index is 0.0352. The molecule has 2 aliphatic rings. The molecule has 1 amide bonds. The molecule has 3 heteroatoms. The summed E-state index contributed by atoms with van der Waals surface area (Å²) in [6.45, 7) is 2.62. The fraction of sp³-hybridized carbons (Fsp3) is 0.269. The van der Waals surface area contributed by atoms with E-state index in [1.807, 2.05) is 59.5 Å². The highest BCUT2D eigenvalue weighted by molar-refractivity contribution is 5.83. The van der Waals surface area contributed by atoms with Crippen LogP contribution in [0.4, 0.5) is 0 Å². The van der Waals surface area contributed by atoms with Gasteiger partial charge in [0, 0.05) is 12.3 Å². The van der Waals surface area contributed by atoms with Gasteiger partial charge >= 0.3 is 0 Å². The van der Waals surface area contributed by atoms with Crippen LogP contribution in [0.1, 0.15) is 30.0 Å². The van der Waals surface area contributed by atoms with Gasteiger partial charge in [-0.15, -0.1) is 0 Å². The van der Waals surface area contributed by atoms with Gasteiger partial charge in [0.2, 0.25) is 5.91 Å². The molecule has 1 unspecified atom stereocenters. The van der Waals surface area contributed by atoms with Crippen LogP contribution in [0.25, 0.3) is 0 Å². The highest BCUT2D eigenvalue weighted by Crippen LogP contribution is 2.51. The first-order valence-electron chi connectivity index (χ1n) is 10.3. The summed E-state index contributed by atoms with van der Waals surface area (Å²) >= 11 is 0. The number of fused-ring (bicyclic) bond motifs is 1. The van der Waals surface area contributed by atoms with E-state index < -0.39 is 11.3 Å². The Labute approximate surface area is 171 Å². The lowest BCUT2D eigenvalue weighted by Crippen LogP contribution is -2.38. The van der Waals surface area contributed by atoms with Gasteiger partial charge in [-0.05, 0) is 30.0 Å². The highest BCUT2D eigenvalue weighted by atomic mass is 16.6. The predicted molar refractivity (Wildman–Crippen MR) is 113 cm³/mol. The Bertz CT molecular complexity index is 963. The van der Waals surface area contributed by atoms with Gasteiger partial charge in [0.1, 0.15) is 11.3 Å². The number of amides is 1. The zero-order valence-electron chi connectivity index (χ0n) is 16.6. The molecular weight excluding hydrogens is 358 g/mol. The number of ether oxygens (including phenoxy) is 1. The molecule has 3 nitrogen and oxygen atoms in total. The van der Waals surface area contributed by atoms with E-state index in [-0.39, 0.29) is 11.8 Å². The molecule has 0 N–H and O–H groups in total. The molecule has 0 bridgehead atoms. The van der Waals surface area contributed by atoms with E-state index in [0.717, 1.165) is 17.5 Å². The van der Waals surface area contributed by atoms with Gasteiger partial charge < -0.3 is 9.64 Å². The number of hydrogen-bond acceptors (Lipinski definition) is 2. The van der Waals surface area contributed by atoms with E-state index in [9.17, 15) is 4.79 Å². The van der Waals surface area contributed by atoms with E-state index in [4.69, 9.17) is 4.74 Å². The van der Waals surface area contributed by atoms with Crippen LogP contribution in [0.2, 0.25) is 0 Å². The highest BCUT2D eigenvalue weighted by Gasteiger charge is 2.60. The Morgan fingerprint density at radius 3 is 1.90 bits per heavy atom. The normalized spacial score (nSPS) is 25.2. The van der Waals surface area contributed by atoms with Crippen molar-refractivity contribution < 1.29 is 9.53 Å². The van der Waals surface area contributed by atoms with Gasteiger partial charge in [-0.25, -0.2) is 0 Å². The molecule has 2 fully saturated rings. The standard InChI is InChI=1S/C26H25NO2/c1-25-18-21(17-20-11-5-2-6-12-20)24(28)27(25)19-26(29-25,22-13-7-3-8-14-22)23-15-9-4-10-16-23/h2-16,21H,17-19H2,1H3/t21?,25-/m1/s1. The molecule has 146 valence electrons. The number of rotatable bonds is 4. The zero-order chi connectivity index (χ0) is 19.9. The van der Waals surface area contributed by atoms with Crippen molar-refractivity contribution in [2.75, 3.05) is 6.54 Å². The minimum Gasteiger partial charge on any atom is -0.338 e. The summed E-state index contributed by atoms with van der Waals surface area (Å²) < 4.78 is 6.88. The molecule has 3 aromatic rings. The molecule has 29 heavy (non-hydrogen) atoms. The van der Waals surface area contributed by atoms with E-state index in [1.54, 1.807) is 0 Å². The topological polar surface area (TPSA) is 29.5 Å². The van der Waals surface area contributed by atoms with Gasteiger partial charge in [0.25, 0.3) is 0 Å². The van der Waals surface area contributed by atoms with Crippen LogP contribution in [0.15, 0.2) is 91.0 Å². The molecular formula is C26H25NO2. The second-order valence-electron chi connectivity index (χ2n) is 8.35. The second-order valence-corrected chi connectivity index (χ2v) is 8.35. The van der Waals surface area contributed by atoms with E-state index in [2.05, 4.69) is 43.3 Å². The number of carbonyl (C=O) groups is 1. The third-order valence-corrected chi connectivity index (χ3v) is 6.39. The van der Waals surface area contributed by atoms with Gasteiger partial charge in [-0.2, -0.15) is 0 Å². The molecule has 0 aliphatic carbocycles. The fourth-order valence-corrected chi connectivity index (χ4v) is 5.02. The quantitative estimate of drug-likeness (QED) is 0.650. The van der Waals surface area contributed by atoms with E-state index in [1.165, 1.54) is 5.56 Å². The minimum atomic E-state index is -0.634. The summed E-state index contributed by atoms with van der Waals surface area (Å²) in [4.78, 5) is 15.4. The lowest BCUT2D eigenvalue weighted by molar-refractivity contribution is -0.139. The Hall–Kier alpha value is -2.91. The zero-order valence-corrected chi connectivity index (χ0v) is 16.6.